The summed E-state index contributed by atoms with van der Waals surface area (Å²) in [5, 5.41) is 10.1. The molecule has 6 nitrogen and oxygen atoms in total. The van der Waals surface area contributed by atoms with Crippen LogP contribution in [0.4, 0.5) is 0 Å². The molecule has 2 heterocycles. The zero-order valence-corrected chi connectivity index (χ0v) is 22.1. The van der Waals surface area contributed by atoms with Crippen molar-refractivity contribution in [3.63, 3.8) is 0 Å². The van der Waals surface area contributed by atoms with Crippen molar-refractivity contribution in [3.05, 3.63) is 45.4 Å². The number of hydrogen-bond acceptors (Lipinski definition) is 5. The maximum Gasteiger partial charge on any atom is 0.191 e. The van der Waals surface area contributed by atoms with Gasteiger partial charge in [-0.05, 0) is 31.4 Å². The van der Waals surface area contributed by atoms with E-state index in [2.05, 4.69) is 60.0 Å². The number of ether oxygens (including phenoxy) is 2. The van der Waals surface area contributed by atoms with Crippen molar-refractivity contribution in [1.29, 1.82) is 0 Å². The third-order valence-electron chi connectivity index (χ3n) is 5.08. The van der Waals surface area contributed by atoms with Crippen LogP contribution < -0.4 is 15.4 Å². The predicted octanol–water partition coefficient (Wildman–Crippen LogP) is 4.66. The summed E-state index contributed by atoms with van der Waals surface area (Å²) in [5.74, 6) is 2.18. The van der Waals surface area contributed by atoms with E-state index in [1.165, 1.54) is 10.6 Å². The van der Waals surface area contributed by atoms with E-state index in [0.29, 0.717) is 19.1 Å². The van der Waals surface area contributed by atoms with Crippen LogP contribution in [0, 0.1) is 6.92 Å². The Bertz CT molecular complexity index is 835. The summed E-state index contributed by atoms with van der Waals surface area (Å²) < 4.78 is 11.8. The number of rotatable bonds is 9. The number of guanidine groups is 1. The maximum absolute atomic E-state index is 6.10. The molecule has 3 rings (SSSR count). The van der Waals surface area contributed by atoms with Crippen molar-refractivity contribution >= 4 is 41.3 Å². The lowest BCUT2D eigenvalue weighted by molar-refractivity contribution is 0.0676. The molecule has 1 aromatic carbocycles. The highest BCUT2D eigenvalue weighted by molar-refractivity contribution is 14.0. The minimum absolute atomic E-state index is 0. The first-order chi connectivity index (χ1) is 14.5. The molecular weight excluding hydrogens is 523 g/mol. The van der Waals surface area contributed by atoms with Crippen molar-refractivity contribution in [1.82, 2.24) is 15.6 Å². The summed E-state index contributed by atoms with van der Waals surface area (Å²) in [4.78, 5) is 9.03. The number of benzene rings is 1. The smallest absolute Gasteiger partial charge is 0.191 e. The Morgan fingerprint density at radius 3 is 2.87 bits per heavy atom. The molecule has 0 bridgehead atoms. The highest BCUT2D eigenvalue weighted by Gasteiger charge is 2.17. The number of aryl methyl sites for hydroxylation is 1. The minimum Gasteiger partial charge on any atom is -0.491 e. The van der Waals surface area contributed by atoms with Gasteiger partial charge in [-0.2, -0.15) is 0 Å². The summed E-state index contributed by atoms with van der Waals surface area (Å²) in [5.41, 5.74) is 3.44. The summed E-state index contributed by atoms with van der Waals surface area (Å²) in [6.45, 7) is 9.33. The highest BCUT2D eigenvalue weighted by atomic mass is 127. The van der Waals surface area contributed by atoms with Gasteiger partial charge in [0.1, 0.15) is 12.4 Å². The van der Waals surface area contributed by atoms with Crippen LogP contribution in [0.5, 0.6) is 5.75 Å². The fraction of sp³-hybridized carbons (Fsp3) is 0.565. The van der Waals surface area contributed by atoms with Crippen LogP contribution in [-0.2, 0) is 17.7 Å². The van der Waals surface area contributed by atoms with Crippen LogP contribution >= 0.6 is 35.3 Å². The zero-order chi connectivity index (χ0) is 21.3. The lowest BCUT2D eigenvalue weighted by Crippen LogP contribution is -2.38. The number of aromatic nitrogens is 1. The van der Waals surface area contributed by atoms with Gasteiger partial charge in [0.05, 0.1) is 16.8 Å². The van der Waals surface area contributed by atoms with Crippen LogP contribution in [0.15, 0.2) is 28.6 Å². The molecule has 1 saturated heterocycles. The normalized spacial score (nSPS) is 16.3. The van der Waals surface area contributed by atoms with Gasteiger partial charge < -0.3 is 20.1 Å². The second-order valence-corrected chi connectivity index (χ2v) is 8.88. The van der Waals surface area contributed by atoms with Gasteiger partial charge in [0.2, 0.25) is 0 Å². The molecule has 0 aliphatic carbocycles. The number of nitrogens with one attached hydrogen (secondary N) is 2. The molecule has 1 aromatic heterocycles. The van der Waals surface area contributed by atoms with E-state index in [-0.39, 0.29) is 30.1 Å². The van der Waals surface area contributed by atoms with Crippen LogP contribution in [-0.4, -0.2) is 43.9 Å². The minimum atomic E-state index is 0. The van der Waals surface area contributed by atoms with E-state index in [1.54, 1.807) is 18.4 Å². The highest BCUT2D eigenvalue weighted by Crippen LogP contribution is 2.22. The van der Waals surface area contributed by atoms with E-state index in [4.69, 9.17) is 14.5 Å². The molecule has 0 radical (unpaired) electrons. The van der Waals surface area contributed by atoms with Crippen molar-refractivity contribution < 1.29 is 9.47 Å². The summed E-state index contributed by atoms with van der Waals surface area (Å²) in [6.07, 6.45) is 3.29. The van der Waals surface area contributed by atoms with Crippen molar-refractivity contribution in [2.45, 2.75) is 58.6 Å². The number of nitrogens with zero attached hydrogens (tertiary/aromatic N) is 2. The van der Waals surface area contributed by atoms with Gasteiger partial charge >= 0.3 is 0 Å². The molecule has 31 heavy (non-hydrogen) atoms. The molecule has 0 amide bonds. The van der Waals surface area contributed by atoms with Crippen LogP contribution in [0.3, 0.4) is 0 Å². The number of thiazole rings is 1. The van der Waals surface area contributed by atoms with E-state index >= 15 is 0 Å². The summed E-state index contributed by atoms with van der Waals surface area (Å²) in [6, 6.07) is 6.32. The van der Waals surface area contributed by atoms with Crippen molar-refractivity contribution in [2.75, 3.05) is 26.8 Å². The Morgan fingerprint density at radius 1 is 1.35 bits per heavy atom. The van der Waals surface area contributed by atoms with Gasteiger partial charge in [-0.3, -0.25) is 4.99 Å². The molecule has 8 heteroatoms. The molecule has 1 unspecified atom stereocenters. The first-order valence-electron chi connectivity index (χ1n) is 10.8. The average molecular weight is 559 g/mol. The Kier molecular flexibility index (Phi) is 11.0. The molecule has 1 atom stereocenters. The van der Waals surface area contributed by atoms with Gasteiger partial charge in [0.25, 0.3) is 0 Å². The lowest BCUT2D eigenvalue weighted by atomic mass is 10.1. The predicted molar refractivity (Wildman–Crippen MR) is 139 cm³/mol. The largest absolute Gasteiger partial charge is 0.491 e. The van der Waals surface area contributed by atoms with Crippen LogP contribution in [0.1, 0.15) is 54.4 Å². The number of halogens is 1. The molecule has 1 aliphatic rings. The Hall–Kier alpha value is -1.39. The van der Waals surface area contributed by atoms with Crippen molar-refractivity contribution in [3.8, 4) is 5.75 Å². The SMILES string of the molecule is CN=C(NCCc1csc(C(C)C)n1)NCc1ccc(C)cc1OCC1CCCO1.I. The van der Waals surface area contributed by atoms with Crippen molar-refractivity contribution in [2.24, 2.45) is 4.99 Å². The van der Waals surface area contributed by atoms with Gasteiger partial charge in [-0.25, -0.2) is 4.98 Å². The lowest BCUT2D eigenvalue weighted by Gasteiger charge is -2.17. The topological polar surface area (TPSA) is 67.8 Å². The third kappa shape index (κ3) is 8.23. The third-order valence-corrected chi connectivity index (χ3v) is 6.27. The number of hydrogen-bond donors (Lipinski definition) is 2. The first kappa shape index (κ1) is 25.9. The fourth-order valence-electron chi connectivity index (χ4n) is 3.31. The Labute approximate surface area is 207 Å². The van der Waals surface area contributed by atoms with E-state index in [0.717, 1.165) is 55.4 Å². The zero-order valence-electron chi connectivity index (χ0n) is 18.9. The van der Waals surface area contributed by atoms with Gasteiger partial charge in [-0.1, -0.05) is 26.0 Å². The van der Waals surface area contributed by atoms with E-state index < -0.39 is 0 Å². The van der Waals surface area contributed by atoms with Gasteiger partial charge in [0, 0.05) is 50.0 Å². The summed E-state index contributed by atoms with van der Waals surface area (Å²) in [7, 11) is 1.79. The monoisotopic (exact) mass is 558 g/mol. The first-order valence-corrected chi connectivity index (χ1v) is 11.7. The fourth-order valence-corrected chi connectivity index (χ4v) is 4.18. The number of aliphatic imine (C=N–C) groups is 1. The second-order valence-electron chi connectivity index (χ2n) is 7.99. The molecule has 0 saturated carbocycles. The summed E-state index contributed by atoms with van der Waals surface area (Å²) >= 11 is 1.74. The average Bonchev–Trinajstić information content (AvgIpc) is 3.42. The van der Waals surface area contributed by atoms with E-state index in [9.17, 15) is 0 Å². The molecule has 0 spiro atoms. The quantitative estimate of drug-likeness (QED) is 0.266. The van der Waals surface area contributed by atoms with Gasteiger partial charge in [-0.15, -0.1) is 35.3 Å². The Morgan fingerprint density at radius 2 is 2.19 bits per heavy atom. The van der Waals surface area contributed by atoms with Crippen LogP contribution in [0.2, 0.25) is 0 Å². The molecule has 2 N–H and O–H groups in total. The molecule has 1 fully saturated rings. The Balaban J connectivity index is 0.00000341. The molecule has 1 aliphatic heterocycles. The van der Waals surface area contributed by atoms with Gasteiger partial charge in [0.15, 0.2) is 5.96 Å². The second kappa shape index (κ2) is 13.2. The van der Waals surface area contributed by atoms with E-state index in [1.807, 2.05) is 0 Å². The molecule has 2 aromatic rings. The molecular formula is C23H35IN4O2S. The standard InChI is InChI=1S/C23H34N4O2S.HI/c1-16(2)22-27-19(15-30-22)9-10-25-23(24-4)26-13-18-8-7-17(3)12-21(18)29-14-20-6-5-11-28-20;/h7-8,12,15-16,20H,5-6,9-11,13-14H2,1-4H3,(H2,24,25,26);1H. The maximum atomic E-state index is 6.10. The van der Waals surface area contributed by atoms with Crippen LogP contribution in [0.25, 0.3) is 0 Å². The molecule has 172 valence electrons.